The summed E-state index contributed by atoms with van der Waals surface area (Å²) in [5.74, 6) is -3.00. The van der Waals surface area contributed by atoms with Crippen molar-refractivity contribution < 1.29 is 63.5 Å². The first-order valence-corrected chi connectivity index (χ1v) is 26.0. The van der Waals surface area contributed by atoms with Crippen LogP contribution in [0.1, 0.15) is 108 Å². The first kappa shape index (κ1) is 59.3. The molecule has 3 saturated heterocycles. The van der Waals surface area contributed by atoms with E-state index >= 15 is 0 Å². The summed E-state index contributed by atoms with van der Waals surface area (Å²) in [5, 5.41) is 74.9. The fourth-order valence-electron chi connectivity index (χ4n) is 11.4. The summed E-state index contributed by atoms with van der Waals surface area (Å²) in [7, 11) is 5.24. The van der Waals surface area contributed by atoms with Crippen LogP contribution in [0, 0.1) is 29.1 Å². The molecule has 0 saturated carbocycles. The predicted molar refractivity (Wildman–Crippen MR) is 273 cm³/mol. The number of carbonyl (C=O) groups is 2. The summed E-state index contributed by atoms with van der Waals surface area (Å²) < 4.78 is 38.2. The number of methoxy groups -OCH3 is 1. The highest BCUT2D eigenvalue weighted by Crippen LogP contribution is 2.40. The average Bonchev–Trinajstić information content (AvgIpc) is 3.33. The molecule has 406 valence electrons. The molecule has 18 heteroatoms. The number of nitrogens with one attached hydrogen (secondary N) is 1. The number of likely N-dealkylation sites (N-methyl/N-ethyl adjacent to an activating group) is 1. The minimum atomic E-state index is -1.96. The Bertz CT molecular complexity index is 2100. The molecule has 0 unspecified atom stereocenters. The van der Waals surface area contributed by atoms with E-state index in [1.54, 1.807) is 53.4 Å². The smallest absolute Gasteiger partial charge is 0.321 e. The summed E-state index contributed by atoms with van der Waals surface area (Å²) in [6, 6.07) is 14.1. The number of urea groups is 1. The van der Waals surface area contributed by atoms with E-state index in [0.29, 0.717) is 31.6 Å². The van der Waals surface area contributed by atoms with Crippen LogP contribution in [-0.2, 0) is 33.2 Å². The van der Waals surface area contributed by atoms with Gasteiger partial charge in [-0.15, -0.1) is 0 Å². The van der Waals surface area contributed by atoms with Crippen molar-refractivity contribution in [3.05, 3.63) is 42.5 Å². The Hall–Kier alpha value is -3.55. The normalized spacial score (nSPS) is 38.9. The van der Waals surface area contributed by atoms with E-state index in [1.807, 2.05) is 80.2 Å². The van der Waals surface area contributed by atoms with Gasteiger partial charge in [-0.25, -0.2) is 4.79 Å². The number of carbonyl (C=O) groups excluding carboxylic acids is 2. The maximum atomic E-state index is 14.7. The highest BCUT2D eigenvalue weighted by Gasteiger charge is 2.53. The largest absolute Gasteiger partial charge is 0.459 e. The van der Waals surface area contributed by atoms with Gasteiger partial charge in [0.05, 0.1) is 59.7 Å². The molecule has 2 amide bonds. The van der Waals surface area contributed by atoms with E-state index in [9.17, 15) is 40.4 Å². The van der Waals surface area contributed by atoms with Gasteiger partial charge in [-0.1, -0.05) is 57.2 Å². The number of esters is 1. The zero-order chi connectivity index (χ0) is 53.5. The number of amides is 2. The number of nitriles is 1. The fraction of sp³-hybridized carbons (Fsp3) is 0.759. The lowest BCUT2D eigenvalue weighted by atomic mass is 9.77. The van der Waals surface area contributed by atoms with Crippen molar-refractivity contribution in [2.45, 2.75) is 198 Å². The van der Waals surface area contributed by atoms with Crippen LogP contribution in [0.3, 0.4) is 0 Å². The second-order valence-corrected chi connectivity index (χ2v) is 21.9. The number of hydrogen-bond donors (Lipinski definition) is 6. The minimum Gasteiger partial charge on any atom is -0.459 e. The molecule has 0 aromatic heterocycles. The maximum Gasteiger partial charge on any atom is 0.321 e. The Labute approximate surface area is 427 Å². The van der Waals surface area contributed by atoms with Gasteiger partial charge in [0, 0.05) is 63.1 Å². The number of aliphatic hydroxyl groups is 5. The number of cyclic esters (lactones) is 1. The van der Waals surface area contributed by atoms with Crippen molar-refractivity contribution in [1.82, 2.24) is 14.7 Å². The van der Waals surface area contributed by atoms with Crippen LogP contribution in [0.2, 0.25) is 0 Å². The van der Waals surface area contributed by atoms with Crippen molar-refractivity contribution in [2.75, 3.05) is 52.7 Å². The first-order valence-electron chi connectivity index (χ1n) is 26.0. The number of aliphatic hydroxyl groups excluding tert-OH is 3. The highest BCUT2D eigenvalue weighted by atomic mass is 16.7. The van der Waals surface area contributed by atoms with Crippen molar-refractivity contribution in [3.8, 4) is 6.07 Å². The molecule has 0 radical (unpaired) electrons. The molecule has 3 aliphatic heterocycles. The number of fused-ring (bicyclic) bond motifs is 1. The van der Waals surface area contributed by atoms with E-state index in [-0.39, 0.29) is 62.9 Å². The molecule has 5 rings (SSSR count). The molecule has 18 nitrogen and oxygen atoms in total. The predicted octanol–water partition coefficient (Wildman–Crippen LogP) is 5.26. The van der Waals surface area contributed by atoms with Crippen LogP contribution in [0.5, 0.6) is 0 Å². The van der Waals surface area contributed by atoms with Crippen LogP contribution in [0.25, 0.3) is 10.8 Å². The van der Waals surface area contributed by atoms with Gasteiger partial charge in [0.15, 0.2) is 12.6 Å². The summed E-state index contributed by atoms with van der Waals surface area (Å²) in [6.45, 7) is 18.5. The molecule has 6 N–H and O–H groups in total. The number of ether oxygens (including phenoxy) is 6. The standard InChI is InChI=1S/C54H87N5O13/c1-14-42-54(10,66)46(61)36(6)59(27-19-26-58(25-18-24-55)51(64)56-40-23-17-21-38-20-15-16-22-39(38)40)31-32(2)29-52(8,65)48(72-50-44(60)41(57(11)12)28-33(3)68-50)34(4)45(35(5)49(63)70-42)71-43-30-53(9,67-13)47(62)37(7)69-43/h15-17,20-23,32-37,41-48,50,60-62,65-66H,14,18-19,25-31H2,1-13H3,(H,56,64)/t32-,33-,34+,35-,36-,37+,41+,42-,43+,44-,45+,46-,47+,48-,50+,52-,53-,54-/m1/s1. The fourth-order valence-corrected chi connectivity index (χ4v) is 11.4. The summed E-state index contributed by atoms with van der Waals surface area (Å²) in [5.41, 5.74) is -4.10. The molecule has 3 aliphatic rings. The maximum absolute atomic E-state index is 14.7. The second kappa shape index (κ2) is 25.3. The van der Waals surface area contributed by atoms with Gasteiger partial charge in [0.1, 0.15) is 30.0 Å². The van der Waals surface area contributed by atoms with Gasteiger partial charge >= 0.3 is 12.0 Å². The Morgan fingerprint density at radius 2 is 1.62 bits per heavy atom. The molecule has 0 bridgehead atoms. The van der Waals surface area contributed by atoms with Gasteiger partial charge in [-0.3, -0.25) is 9.69 Å². The van der Waals surface area contributed by atoms with Crippen LogP contribution in [-0.4, -0.2) is 190 Å². The van der Waals surface area contributed by atoms with E-state index in [1.165, 1.54) is 14.0 Å². The molecule has 3 heterocycles. The zero-order valence-corrected chi connectivity index (χ0v) is 45.1. The molecule has 0 aliphatic carbocycles. The molecule has 0 spiro atoms. The molecule has 3 fully saturated rings. The average molecular weight is 1010 g/mol. The van der Waals surface area contributed by atoms with Crippen LogP contribution < -0.4 is 5.32 Å². The Balaban J connectivity index is 1.52. The Kier molecular flexibility index (Phi) is 20.9. The number of hydrogen-bond acceptors (Lipinski definition) is 16. The number of rotatable bonds is 14. The minimum absolute atomic E-state index is 0.0859. The third-order valence-corrected chi connectivity index (χ3v) is 15.7. The molecule has 2 aromatic carbocycles. The van der Waals surface area contributed by atoms with Gasteiger partial charge < -0.3 is 69.1 Å². The summed E-state index contributed by atoms with van der Waals surface area (Å²) in [6.07, 6.45) is -8.85. The van der Waals surface area contributed by atoms with Crippen LogP contribution >= 0.6 is 0 Å². The van der Waals surface area contributed by atoms with Crippen molar-refractivity contribution in [3.63, 3.8) is 0 Å². The van der Waals surface area contributed by atoms with E-state index < -0.39 is 96.0 Å². The molecule has 72 heavy (non-hydrogen) atoms. The Morgan fingerprint density at radius 3 is 2.28 bits per heavy atom. The number of nitrogens with zero attached hydrogens (tertiary/aromatic N) is 4. The second-order valence-electron chi connectivity index (χ2n) is 21.9. The van der Waals surface area contributed by atoms with Gasteiger partial charge in [-0.05, 0) is 106 Å². The van der Waals surface area contributed by atoms with Crippen LogP contribution in [0.15, 0.2) is 42.5 Å². The molecular weight excluding hydrogens is 927 g/mol. The van der Waals surface area contributed by atoms with Crippen molar-refractivity contribution in [2.24, 2.45) is 17.8 Å². The summed E-state index contributed by atoms with van der Waals surface area (Å²) in [4.78, 5) is 34.1. The van der Waals surface area contributed by atoms with Gasteiger partial charge in [0.2, 0.25) is 0 Å². The van der Waals surface area contributed by atoms with Crippen molar-refractivity contribution in [1.29, 1.82) is 5.26 Å². The first-order chi connectivity index (χ1) is 33.8. The summed E-state index contributed by atoms with van der Waals surface area (Å²) >= 11 is 0. The molecule has 18 atom stereocenters. The lowest BCUT2D eigenvalue weighted by molar-refractivity contribution is -0.318. The molecule has 2 aromatic rings. The van der Waals surface area contributed by atoms with E-state index in [2.05, 4.69) is 11.4 Å². The van der Waals surface area contributed by atoms with E-state index in [4.69, 9.17) is 28.4 Å². The zero-order valence-electron chi connectivity index (χ0n) is 45.1. The molecular formula is C54H87N5O13. The van der Waals surface area contributed by atoms with Crippen LogP contribution in [0.4, 0.5) is 10.5 Å². The SMILES string of the molecule is CC[C@H]1OC(=O)[C@H](C)[C@@H](O[C@H]2C[C@@](C)(OC)[C@@H](O)[C@H](C)O2)[C@H](C)[C@@H](O[C@@H]2O[C@H](C)C[C@H](N(C)C)[C@H]2O)[C@](C)(O)C[C@@H](C)CN(CCCN(CCC#N)C(=O)Nc2cccc3ccccc23)[C@H](C)[C@@H](O)[C@]1(C)O. The monoisotopic (exact) mass is 1010 g/mol. The van der Waals surface area contributed by atoms with Gasteiger partial charge in [-0.2, -0.15) is 5.26 Å². The third-order valence-electron chi connectivity index (χ3n) is 15.7. The third kappa shape index (κ3) is 14.0. The van der Waals surface area contributed by atoms with E-state index in [0.717, 1.165) is 10.8 Å². The lowest BCUT2D eigenvalue weighted by Crippen LogP contribution is -2.60. The lowest BCUT2D eigenvalue weighted by Gasteiger charge is -2.48. The quantitative estimate of drug-likeness (QED) is 0.132. The Morgan fingerprint density at radius 1 is 0.944 bits per heavy atom. The van der Waals surface area contributed by atoms with Gasteiger partial charge in [0.25, 0.3) is 0 Å². The number of benzene rings is 2. The van der Waals surface area contributed by atoms with Crippen molar-refractivity contribution >= 4 is 28.5 Å². The topological polar surface area (TPSA) is 236 Å². The highest BCUT2D eigenvalue weighted by molar-refractivity contribution is 6.01. The number of anilines is 1.